The van der Waals surface area contributed by atoms with E-state index in [1.54, 1.807) is 0 Å². The summed E-state index contributed by atoms with van der Waals surface area (Å²) in [6.07, 6.45) is 0. The molecule has 2 nitrogen and oxygen atoms in total. The summed E-state index contributed by atoms with van der Waals surface area (Å²) in [4.78, 5) is 0. The van der Waals surface area contributed by atoms with Gasteiger partial charge in [0.05, 0.1) is 0 Å². The van der Waals surface area contributed by atoms with E-state index >= 15 is 0 Å². The molecular formula is C52H30O2. The van der Waals surface area contributed by atoms with Crippen LogP contribution in [0, 0.1) is 0 Å². The molecule has 10 aromatic carbocycles. The average Bonchev–Trinajstić information content (AvgIpc) is 3.23. The Morgan fingerprint density at radius 1 is 0.241 bits per heavy atom. The summed E-state index contributed by atoms with van der Waals surface area (Å²) in [6, 6.07) is 65.6. The van der Waals surface area contributed by atoms with Crippen molar-refractivity contribution in [2.45, 2.75) is 0 Å². The largest absolute Gasteiger partial charge is 0.456 e. The second-order valence-corrected chi connectivity index (χ2v) is 14.3. The lowest BCUT2D eigenvalue weighted by molar-refractivity contribution is 0.487. The van der Waals surface area contributed by atoms with Gasteiger partial charge >= 0.3 is 0 Å². The number of hydrogen-bond acceptors (Lipinski definition) is 2. The fourth-order valence-electron chi connectivity index (χ4n) is 9.11. The van der Waals surface area contributed by atoms with Crippen LogP contribution in [0.5, 0.6) is 23.0 Å². The molecule has 0 radical (unpaired) electrons. The summed E-state index contributed by atoms with van der Waals surface area (Å²) in [5.74, 6) is 3.61. The summed E-state index contributed by atoms with van der Waals surface area (Å²) in [7, 11) is 0. The molecule has 250 valence electrons. The Kier molecular flexibility index (Phi) is 6.09. The Bertz CT molecular complexity index is 3220. The highest BCUT2D eigenvalue weighted by Crippen LogP contribution is 2.51. The monoisotopic (exact) mass is 686 g/mol. The number of benzene rings is 10. The minimum atomic E-state index is 0.892. The van der Waals surface area contributed by atoms with Crippen LogP contribution in [0.2, 0.25) is 0 Å². The summed E-state index contributed by atoms with van der Waals surface area (Å²) in [5.41, 5.74) is 11.9. The van der Waals surface area contributed by atoms with Crippen molar-refractivity contribution in [3.63, 3.8) is 0 Å². The third kappa shape index (κ3) is 4.17. The Labute approximate surface area is 312 Å². The average molecular weight is 687 g/mol. The van der Waals surface area contributed by atoms with E-state index in [1.807, 2.05) is 12.1 Å². The molecule has 0 saturated heterocycles. The first-order valence-corrected chi connectivity index (χ1v) is 18.5. The predicted octanol–water partition coefficient (Wildman–Crippen LogP) is 14.8. The van der Waals surface area contributed by atoms with Crippen molar-refractivity contribution >= 4 is 43.1 Å². The molecule has 2 heteroatoms. The molecule has 0 aromatic heterocycles. The van der Waals surface area contributed by atoms with Crippen LogP contribution in [0.1, 0.15) is 0 Å². The standard InChI is InChI=1S/C52H30O2/c1-2-13-35-34(12-1)33(32-24-25-43-45-19-5-10-31-11-6-22-48(51(31)45)54-50(43)30-32)26-27-40(35)38-17-7-16-37-36(38)15-8-18-39(37)41-28-29-46-42-14-3-4-21-47(42)53-49-23-9-20-44(41)52(46)49/h1-30H. The van der Waals surface area contributed by atoms with Gasteiger partial charge in [-0.15, -0.1) is 0 Å². The Hall–Kier alpha value is -7.16. The molecule has 0 fully saturated rings. The second-order valence-electron chi connectivity index (χ2n) is 14.3. The summed E-state index contributed by atoms with van der Waals surface area (Å²) < 4.78 is 13.0. The second kappa shape index (κ2) is 11.2. The zero-order chi connectivity index (χ0) is 35.3. The number of fused-ring (bicyclic) bond motifs is 6. The highest BCUT2D eigenvalue weighted by atomic mass is 16.5. The van der Waals surface area contributed by atoms with Crippen molar-refractivity contribution in [2.75, 3.05) is 0 Å². The first-order valence-electron chi connectivity index (χ1n) is 18.5. The molecule has 0 amide bonds. The van der Waals surface area contributed by atoms with E-state index in [-0.39, 0.29) is 0 Å². The van der Waals surface area contributed by atoms with E-state index < -0.39 is 0 Å². The molecule has 0 aliphatic carbocycles. The van der Waals surface area contributed by atoms with E-state index in [2.05, 4.69) is 170 Å². The molecule has 0 spiro atoms. The minimum absolute atomic E-state index is 0.892. The maximum Gasteiger partial charge on any atom is 0.135 e. The molecule has 2 aliphatic rings. The zero-order valence-electron chi connectivity index (χ0n) is 29.1. The Balaban J connectivity index is 1.00. The third-order valence-electron chi connectivity index (χ3n) is 11.5. The number of rotatable bonds is 3. The van der Waals surface area contributed by atoms with Crippen molar-refractivity contribution in [1.29, 1.82) is 0 Å². The molecule has 0 unspecified atom stereocenters. The first kappa shape index (κ1) is 29.4. The number of para-hydroxylation sites is 1. The van der Waals surface area contributed by atoms with Crippen LogP contribution in [0.25, 0.3) is 98.7 Å². The Morgan fingerprint density at radius 3 is 1.46 bits per heavy atom. The van der Waals surface area contributed by atoms with E-state index in [4.69, 9.17) is 9.47 Å². The van der Waals surface area contributed by atoms with Crippen LogP contribution >= 0.6 is 0 Å². The van der Waals surface area contributed by atoms with Crippen LogP contribution < -0.4 is 9.47 Å². The van der Waals surface area contributed by atoms with Crippen molar-refractivity contribution < 1.29 is 9.47 Å². The SMILES string of the molecule is c1ccc2c(c1)Oc1cccc3c(-c4cccc5c(-c6ccc(-c7ccc8c(c7)Oc7cccc9cccc-8c79)c7ccccc67)cccc45)ccc-2c13. The van der Waals surface area contributed by atoms with Crippen LogP contribution in [0.4, 0.5) is 0 Å². The number of ether oxygens (including phenoxy) is 2. The summed E-state index contributed by atoms with van der Waals surface area (Å²) in [5, 5.41) is 9.62. The van der Waals surface area contributed by atoms with Gasteiger partial charge in [0.1, 0.15) is 23.0 Å². The van der Waals surface area contributed by atoms with Crippen molar-refractivity contribution in [3.05, 3.63) is 182 Å². The molecule has 54 heavy (non-hydrogen) atoms. The maximum atomic E-state index is 6.57. The lowest BCUT2D eigenvalue weighted by atomic mass is 9.86. The van der Waals surface area contributed by atoms with Gasteiger partial charge in [0, 0.05) is 21.9 Å². The van der Waals surface area contributed by atoms with Gasteiger partial charge in [0.25, 0.3) is 0 Å². The van der Waals surface area contributed by atoms with E-state index in [1.165, 1.54) is 76.6 Å². The molecule has 0 bridgehead atoms. The van der Waals surface area contributed by atoms with Crippen LogP contribution in [-0.2, 0) is 0 Å². The third-order valence-corrected chi connectivity index (χ3v) is 11.5. The van der Waals surface area contributed by atoms with Gasteiger partial charge in [-0.05, 0) is 107 Å². The zero-order valence-corrected chi connectivity index (χ0v) is 29.1. The van der Waals surface area contributed by atoms with Crippen LogP contribution in [0.15, 0.2) is 182 Å². The van der Waals surface area contributed by atoms with Gasteiger partial charge in [-0.3, -0.25) is 0 Å². The molecule has 12 rings (SSSR count). The van der Waals surface area contributed by atoms with Crippen molar-refractivity contribution in [3.8, 4) is 78.6 Å². The normalized spacial score (nSPS) is 12.4. The van der Waals surface area contributed by atoms with E-state index in [9.17, 15) is 0 Å². The van der Waals surface area contributed by atoms with Crippen molar-refractivity contribution in [2.24, 2.45) is 0 Å². The molecule has 0 saturated carbocycles. The maximum absolute atomic E-state index is 6.57. The van der Waals surface area contributed by atoms with Gasteiger partial charge in [-0.25, -0.2) is 0 Å². The smallest absolute Gasteiger partial charge is 0.135 e. The van der Waals surface area contributed by atoms with Gasteiger partial charge in [-0.2, -0.15) is 0 Å². The predicted molar refractivity (Wildman–Crippen MR) is 224 cm³/mol. The highest BCUT2D eigenvalue weighted by Gasteiger charge is 2.23. The molecule has 0 atom stereocenters. The quantitative estimate of drug-likeness (QED) is 0.184. The first-order chi connectivity index (χ1) is 26.8. The van der Waals surface area contributed by atoms with Crippen molar-refractivity contribution in [1.82, 2.24) is 0 Å². The van der Waals surface area contributed by atoms with Crippen LogP contribution in [0.3, 0.4) is 0 Å². The fraction of sp³-hybridized carbons (Fsp3) is 0. The molecule has 10 aromatic rings. The van der Waals surface area contributed by atoms with E-state index in [0.29, 0.717) is 0 Å². The molecular weight excluding hydrogens is 657 g/mol. The number of hydrogen-bond donors (Lipinski definition) is 0. The van der Waals surface area contributed by atoms with Gasteiger partial charge in [0.2, 0.25) is 0 Å². The van der Waals surface area contributed by atoms with Gasteiger partial charge in [-0.1, -0.05) is 152 Å². The summed E-state index contributed by atoms with van der Waals surface area (Å²) in [6.45, 7) is 0. The lowest BCUT2D eigenvalue weighted by Gasteiger charge is -2.23. The summed E-state index contributed by atoms with van der Waals surface area (Å²) >= 11 is 0. The topological polar surface area (TPSA) is 18.5 Å². The molecule has 0 N–H and O–H groups in total. The highest BCUT2D eigenvalue weighted by molar-refractivity contribution is 6.16. The van der Waals surface area contributed by atoms with E-state index in [0.717, 1.165) is 45.1 Å². The van der Waals surface area contributed by atoms with Crippen LogP contribution in [-0.4, -0.2) is 0 Å². The minimum Gasteiger partial charge on any atom is -0.456 e. The molecule has 2 aliphatic heterocycles. The lowest BCUT2D eigenvalue weighted by Crippen LogP contribution is -1.97. The molecule has 2 heterocycles. The fourth-order valence-corrected chi connectivity index (χ4v) is 9.11. The Morgan fingerprint density at radius 2 is 0.667 bits per heavy atom. The van der Waals surface area contributed by atoms with Gasteiger partial charge < -0.3 is 9.47 Å². The van der Waals surface area contributed by atoms with Gasteiger partial charge in [0.15, 0.2) is 0 Å².